The molecule has 1 aromatic rings. The van der Waals surface area contributed by atoms with Crippen molar-refractivity contribution in [3.8, 4) is 5.88 Å². The first-order valence-electron chi connectivity index (χ1n) is 2.70. The van der Waals surface area contributed by atoms with Crippen LogP contribution < -0.4 is 4.74 Å². The molecular formula is C6H4BrClINO. The summed E-state index contributed by atoms with van der Waals surface area (Å²) in [6, 6.07) is 1.86. The van der Waals surface area contributed by atoms with E-state index in [1.165, 1.54) is 0 Å². The van der Waals surface area contributed by atoms with Gasteiger partial charge in [0.25, 0.3) is 0 Å². The maximum Gasteiger partial charge on any atom is 0.229 e. The fourth-order valence-corrected chi connectivity index (χ4v) is 2.04. The van der Waals surface area contributed by atoms with Gasteiger partial charge in [0.2, 0.25) is 5.88 Å². The van der Waals surface area contributed by atoms with E-state index < -0.39 is 0 Å². The number of ether oxygens (including phenoxy) is 1. The summed E-state index contributed by atoms with van der Waals surface area (Å²) < 4.78 is 6.65. The molecule has 0 saturated carbocycles. The predicted octanol–water partition coefficient (Wildman–Crippen LogP) is 3.11. The Labute approximate surface area is 91.6 Å². The average Bonchev–Trinajstić information content (AvgIpc) is 1.97. The molecule has 0 radical (unpaired) electrons. The zero-order valence-electron chi connectivity index (χ0n) is 5.57. The molecule has 0 N–H and O–H groups in total. The fourth-order valence-electron chi connectivity index (χ4n) is 0.572. The van der Waals surface area contributed by atoms with Crippen LogP contribution in [0.5, 0.6) is 5.88 Å². The molecule has 1 heterocycles. The molecule has 0 amide bonds. The third kappa shape index (κ3) is 2.19. The summed E-state index contributed by atoms with van der Waals surface area (Å²) in [6.45, 7) is 0. The Morgan fingerprint density at radius 1 is 1.73 bits per heavy atom. The van der Waals surface area contributed by atoms with Crippen molar-refractivity contribution in [2.45, 2.75) is 0 Å². The lowest BCUT2D eigenvalue weighted by molar-refractivity contribution is 0.395. The van der Waals surface area contributed by atoms with E-state index >= 15 is 0 Å². The molecule has 0 aliphatic rings. The van der Waals surface area contributed by atoms with Crippen molar-refractivity contribution in [1.82, 2.24) is 4.98 Å². The molecule has 0 unspecified atom stereocenters. The molecule has 0 bridgehead atoms. The van der Waals surface area contributed by atoms with Crippen molar-refractivity contribution in [3.05, 3.63) is 19.3 Å². The Morgan fingerprint density at radius 2 is 2.36 bits per heavy atom. The van der Waals surface area contributed by atoms with E-state index in [-0.39, 0.29) is 0 Å². The number of methoxy groups -OCH3 is 1. The van der Waals surface area contributed by atoms with Crippen molar-refractivity contribution >= 4 is 50.1 Å². The third-order valence-corrected chi connectivity index (χ3v) is 3.05. The van der Waals surface area contributed by atoms with E-state index in [0.29, 0.717) is 11.0 Å². The number of aromatic nitrogens is 1. The van der Waals surface area contributed by atoms with Gasteiger partial charge in [-0.1, -0.05) is 11.6 Å². The number of halogens is 3. The molecule has 0 aliphatic heterocycles. The summed E-state index contributed by atoms with van der Waals surface area (Å²) >= 11 is 11.1. The van der Waals surface area contributed by atoms with Crippen LogP contribution in [0.15, 0.2) is 10.5 Å². The van der Waals surface area contributed by atoms with E-state index in [9.17, 15) is 0 Å². The highest BCUT2D eigenvalue weighted by molar-refractivity contribution is 14.1. The highest BCUT2D eigenvalue weighted by Gasteiger charge is 2.05. The lowest BCUT2D eigenvalue weighted by Crippen LogP contribution is -1.90. The molecule has 0 saturated heterocycles. The zero-order valence-corrected chi connectivity index (χ0v) is 10.1. The summed E-state index contributed by atoms with van der Waals surface area (Å²) in [4.78, 5) is 3.98. The Kier molecular flexibility index (Phi) is 3.39. The summed E-state index contributed by atoms with van der Waals surface area (Å²) in [5.41, 5.74) is 0. The van der Waals surface area contributed by atoms with Gasteiger partial charge in [0.1, 0.15) is 5.15 Å². The summed E-state index contributed by atoms with van der Waals surface area (Å²) in [5.74, 6) is 0.510. The van der Waals surface area contributed by atoms with E-state index in [0.717, 1.165) is 8.04 Å². The quantitative estimate of drug-likeness (QED) is 0.575. The molecular weight excluding hydrogens is 344 g/mol. The topological polar surface area (TPSA) is 22.1 Å². The maximum absolute atomic E-state index is 5.75. The smallest absolute Gasteiger partial charge is 0.229 e. The fraction of sp³-hybridized carbons (Fsp3) is 0.167. The van der Waals surface area contributed by atoms with Crippen molar-refractivity contribution in [2.75, 3.05) is 7.11 Å². The Balaban J connectivity index is 3.21. The number of hydrogen-bond acceptors (Lipinski definition) is 2. The van der Waals surface area contributed by atoms with Gasteiger partial charge in [0.05, 0.1) is 15.2 Å². The zero-order chi connectivity index (χ0) is 8.43. The molecule has 0 atom stereocenters. The van der Waals surface area contributed by atoms with Crippen LogP contribution in [0.3, 0.4) is 0 Å². The summed E-state index contributed by atoms with van der Waals surface area (Å²) in [7, 11) is 1.55. The molecule has 1 aromatic heterocycles. The molecule has 60 valence electrons. The SMILES string of the molecule is COc1nc(Cl)c(I)cc1Br. The molecule has 11 heavy (non-hydrogen) atoms. The standard InChI is InChI=1S/C6H4BrClINO/c1-11-6-3(7)2-4(9)5(8)10-6/h2H,1H3. The van der Waals surface area contributed by atoms with Gasteiger partial charge in [0, 0.05) is 0 Å². The van der Waals surface area contributed by atoms with Crippen molar-refractivity contribution in [3.63, 3.8) is 0 Å². The Morgan fingerprint density at radius 3 is 2.91 bits per heavy atom. The lowest BCUT2D eigenvalue weighted by atomic mass is 10.5. The number of hydrogen-bond donors (Lipinski definition) is 0. The molecule has 0 spiro atoms. The van der Waals surface area contributed by atoms with Crippen LogP contribution in [-0.2, 0) is 0 Å². The number of pyridine rings is 1. The van der Waals surface area contributed by atoms with Gasteiger partial charge < -0.3 is 4.74 Å². The molecule has 5 heteroatoms. The van der Waals surface area contributed by atoms with Gasteiger partial charge in [-0.2, -0.15) is 4.98 Å². The second kappa shape index (κ2) is 3.91. The first-order chi connectivity index (χ1) is 5.15. The number of nitrogens with zero attached hydrogens (tertiary/aromatic N) is 1. The van der Waals surface area contributed by atoms with Crippen molar-refractivity contribution < 1.29 is 4.74 Å². The molecule has 0 aromatic carbocycles. The van der Waals surface area contributed by atoms with E-state index in [1.54, 1.807) is 7.11 Å². The second-order valence-corrected chi connectivity index (χ2v) is 4.13. The predicted molar refractivity (Wildman–Crippen MR) is 56.2 cm³/mol. The molecule has 0 aliphatic carbocycles. The van der Waals surface area contributed by atoms with Crippen LogP contribution in [0.25, 0.3) is 0 Å². The highest BCUT2D eigenvalue weighted by Crippen LogP contribution is 2.28. The third-order valence-electron chi connectivity index (χ3n) is 1.05. The Hall–Kier alpha value is 0.450. The van der Waals surface area contributed by atoms with E-state index in [1.807, 2.05) is 6.07 Å². The van der Waals surface area contributed by atoms with Gasteiger partial charge in [-0.15, -0.1) is 0 Å². The summed E-state index contributed by atoms with van der Waals surface area (Å²) in [5, 5.41) is 0.464. The van der Waals surface area contributed by atoms with Crippen molar-refractivity contribution in [2.24, 2.45) is 0 Å². The minimum atomic E-state index is 0.464. The van der Waals surface area contributed by atoms with E-state index in [2.05, 4.69) is 43.5 Å². The van der Waals surface area contributed by atoms with E-state index in [4.69, 9.17) is 16.3 Å². The monoisotopic (exact) mass is 347 g/mol. The van der Waals surface area contributed by atoms with Crippen LogP contribution >= 0.6 is 50.1 Å². The van der Waals surface area contributed by atoms with Crippen LogP contribution in [0.4, 0.5) is 0 Å². The lowest BCUT2D eigenvalue weighted by Gasteiger charge is -2.02. The van der Waals surface area contributed by atoms with Gasteiger partial charge in [-0.3, -0.25) is 0 Å². The first kappa shape index (κ1) is 9.54. The number of rotatable bonds is 1. The Bertz CT molecular complexity index is 282. The van der Waals surface area contributed by atoms with Gasteiger partial charge in [-0.05, 0) is 44.6 Å². The van der Waals surface area contributed by atoms with Crippen LogP contribution in [0.1, 0.15) is 0 Å². The average molecular weight is 348 g/mol. The van der Waals surface area contributed by atoms with Crippen molar-refractivity contribution in [1.29, 1.82) is 0 Å². The largest absolute Gasteiger partial charge is 0.480 e. The second-order valence-electron chi connectivity index (χ2n) is 1.75. The summed E-state index contributed by atoms with van der Waals surface area (Å²) in [6.07, 6.45) is 0. The van der Waals surface area contributed by atoms with Crippen LogP contribution in [0, 0.1) is 3.57 Å². The maximum atomic E-state index is 5.75. The van der Waals surface area contributed by atoms with Gasteiger partial charge >= 0.3 is 0 Å². The normalized spacial score (nSPS) is 9.82. The molecule has 0 fully saturated rings. The first-order valence-corrected chi connectivity index (χ1v) is 4.95. The van der Waals surface area contributed by atoms with Crippen LogP contribution in [-0.4, -0.2) is 12.1 Å². The molecule has 1 rings (SSSR count). The minimum absolute atomic E-state index is 0.464. The van der Waals surface area contributed by atoms with Gasteiger partial charge in [0.15, 0.2) is 0 Å². The van der Waals surface area contributed by atoms with Gasteiger partial charge in [-0.25, -0.2) is 0 Å². The molecule has 2 nitrogen and oxygen atoms in total. The van der Waals surface area contributed by atoms with Crippen LogP contribution in [0.2, 0.25) is 5.15 Å². The highest BCUT2D eigenvalue weighted by atomic mass is 127. The minimum Gasteiger partial charge on any atom is -0.480 e.